The number of hydrogen-bond donors (Lipinski definition) is 1. The van der Waals surface area contributed by atoms with E-state index in [2.05, 4.69) is 45.7 Å². The third kappa shape index (κ3) is 5.57. The zero-order valence-corrected chi connectivity index (χ0v) is 19.4. The third-order valence-electron chi connectivity index (χ3n) is 6.24. The number of aliphatic hydroxyl groups is 1. The first-order chi connectivity index (χ1) is 13.8. The van der Waals surface area contributed by atoms with Gasteiger partial charge in [0.2, 0.25) is 0 Å². The number of hydrogen-bond acceptors (Lipinski definition) is 3. The molecule has 0 aliphatic carbocycles. The van der Waals surface area contributed by atoms with E-state index in [1.165, 1.54) is 10.6 Å². The van der Waals surface area contributed by atoms with Crippen molar-refractivity contribution in [3.63, 3.8) is 0 Å². The topological polar surface area (TPSA) is 51.5 Å². The lowest BCUT2D eigenvalue weighted by atomic mass is 9.94. The van der Waals surface area contributed by atoms with Gasteiger partial charge in [-0.25, -0.2) is 0 Å². The van der Waals surface area contributed by atoms with Gasteiger partial charge in [0.15, 0.2) is 8.32 Å². The molecule has 1 aromatic heterocycles. The number of fused-ring (bicyclic) bond motifs is 1. The Kier molecular flexibility index (Phi) is 7.65. The molecule has 1 aliphatic rings. The van der Waals surface area contributed by atoms with Gasteiger partial charge in [-0.3, -0.25) is 4.79 Å². The quantitative estimate of drug-likeness (QED) is 0.384. The molecule has 8 heteroatoms. The van der Waals surface area contributed by atoms with Crippen molar-refractivity contribution in [3.05, 3.63) is 23.0 Å². The Balaban J connectivity index is 2.39. The van der Waals surface area contributed by atoms with E-state index >= 15 is 0 Å². The Labute approximate surface area is 177 Å². The number of nitrogens with zero attached hydrogens (tertiary/aromatic N) is 1. The molecule has 0 amide bonds. The Morgan fingerprint density at radius 3 is 2.53 bits per heavy atom. The van der Waals surface area contributed by atoms with Crippen LogP contribution >= 0.6 is 0 Å². The van der Waals surface area contributed by atoms with Gasteiger partial charge in [-0.2, -0.15) is 13.2 Å². The van der Waals surface area contributed by atoms with Crippen molar-refractivity contribution < 1.29 is 27.5 Å². The molecular weight excluding hydrogens is 411 g/mol. The van der Waals surface area contributed by atoms with Crippen LogP contribution in [-0.4, -0.2) is 43.2 Å². The lowest BCUT2D eigenvalue weighted by Gasteiger charge is -2.36. The summed E-state index contributed by atoms with van der Waals surface area (Å²) in [5.41, 5.74) is 0.702. The highest BCUT2D eigenvalue weighted by Crippen LogP contribution is 2.39. The molecule has 0 unspecified atom stereocenters. The van der Waals surface area contributed by atoms with Gasteiger partial charge in [-0.15, -0.1) is 0 Å². The van der Waals surface area contributed by atoms with Crippen molar-refractivity contribution in [1.29, 1.82) is 0 Å². The van der Waals surface area contributed by atoms with E-state index in [4.69, 9.17) is 9.53 Å². The second-order valence-electron chi connectivity index (χ2n) is 9.36. The summed E-state index contributed by atoms with van der Waals surface area (Å²) in [5.74, 6) is 3.39. The highest BCUT2D eigenvalue weighted by Gasteiger charge is 2.42. The van der Waals surface area contributed by atoms with Crippen molar-refractivity contribution in [2.24, 2.45) is 0 Å². The molecule has 168 valence electrons. The summed E-state index contributed by atoms with van der Waals surface area (Å²) in [4.78, 5) is 12.0. The number of aliphatic hydroxyl groups excluding tert-OH is 1. The zero-order valence-electron chi connectivity index (χ0n) is 18.4. The summed E-state index contributed by atoms with van der Waals surface area (Å²) in [6.07, 6.45) is -1.92. The summed E-state index contributed by atoms with van der Waals surface area (Å²) in [5, 5.41) is 9.13. The standard InChI is InChI=1S/C22H32F3NO3Si/c1-21(2,3)30(4,5)29-14-11-16-9-6-7-12-26-18(20(28)22(23,24)25)15-17(19(16)26)10-8-13-27/h15-16,27H,6-7,9,11-14H2,1-5H3/t16-/m1/s1. The van der Waals surface area contributed by atoms with E-state index in [1.54, 1.807) is 0 Å². The molecule has 2 heterocycles. The van der Waals surface area contributed by atoms with Crippen molar-refractivity contribution in [3.8, 4) is 11.8 Å². The van der Waals surface area contributed by atoms with Crippen LogP contribution in [0.4, 0.5) is 13.2 Å². The highest BCUT2D eigenvalue weighted by atomic mass is 28.4. The molecule has 0 aromatic carbocycles. The normalized spacial score (nSPS) is 17.7. The predicted molar refractivity (Wildman–Crippen MR) is 113 cm³/mol. The van der Waals surface area contributed by atoms with Crippen molar-refractivity contribution >= 4 is 14.1 Å². The van der Waals surface area contributed by atoms with E-state index in [0.29, 0.717) is 37.3 Å². The molecule has 0 fully saturated rings. The summed E-state index contributed by atoms with van der Waals surface area (Å²) >= 11 is 0. The minimum Gasteiger partial charge on any atom is -0.417 e. The highest BCUT2D eigenvalue weighted by molar-refractivity contribution is 6.74. The molecule has 0 bridgehead atoms. The average molecular weight is 444 g/mol. The first-order valence-electron chi connectivity index (χ1n) is 10.4. The largest absolute Gasteiger partial charge is 0.456 e. The second kappa shape index (κ2) is 9.29. The number of rotatable bonds is 5. The van der Waals surface area contributed by atoms with Crippen molar-refractivity contribution in [2.75, 3.05) is 13.2 Å². The molecule has 2 rings (SSSR count). The maximum atomic E-state index is 13.2. The smallest absolute Gasteiger partial charge is 0.417 e. The summed E-state index contributed by atoms with van der Waals surface area (Å²) in [6.45, 7) is 11.3. The lowest BCUT2D eigenvalue weighted by Crippen LogP contribution is -2.41. The minimum atomic E-state index is -4.94. The fourth-order valence-electron chi connectivity index (χ4n) is 3.56. The maximum Gasteiger partial charge on any atom is 0.456 e. The predicted octanol–water partition coefficient (Wildman–Crippen LogP) is 5.26. The fourth-order valence-corrected chi connectivity index (χ4v) is 4.63. The van der Waals surface area contributed by atoms with Crippen molar-refractivity contribution in [2.45, 2.75) is 83.2 Å². The number of carbonyl (C=O) groups is 1. The third-order valence-corrected chi connectivity index (χ3v) is 10.8. The van der Waals surface area contributed by atoms with E-state index in [9.17, 15) is 18.0 Å². The Hall–Kier alpha value is -1.56. The molecular formula is C22H32F3NO3Si. The Bertz CT molecular complexity index is 826. The van der Waals surface area contributed by atoms with Gasteiger partial charge in [0.05, 0.1) is 5.69 Å². The van der Waals surface area contributed by atoms with Crippen LogP contribution < -0.4 is 0 Å². The van der Waals surface area contributed by atoms with Gasteiger partial charge in [0.1, 0.15) is 6.61 Å². The molecule has 1 atom stereocenters. The van der Waals surface area contributed by atoms with Gasteiger partial charge in [-0.05, 0) is 43.5 Å². The van der Waals surface area contributed by atoms with Crippen LogP contribution in [0.25, 0.3) is 0 Å². The molecule has 0 radical (unpaired) electrons. The zero-order chi connectivity index (χ0) is 22.7. The van der Waals surface area contributed by atoms with Crippen LogP contribution in [0.3, 0.4) is 0 Å². The van der Waals surface area contributed by atoms with E-state index in [-0.39, 0.29) is 16.7 Å². The van der Waals surface area contributed by atoms with Gasteiger partial charge in [0, 0.05) is 30.3 Å². The Morgan fingerprint density at radius 1 is 1.30 bits per heavy atom. The van der Waals surface area contributed by atoms with E-state index in [0.717, 1.165) is 12.8 Å². The average Bonchev–Trinajstić information content (AvgIpc) is 2.84. The number of Topliss-reactive ketones (excluding diaryl/α,β-unsaturated/α-hetero) is 1. The van der Waals surface area contributed by atoms with Gasteiger partial charge in [-0.1, -0.05) is 39.0 Å². The number of ketones is 1. The van der Waals surface area contributed by atoms with Crippen LogP contribution in [0, 0.1) is 11.8 Å². The minimum absolute atomic E-state index is 0.0463. The monoisotopic (exact) mass is 443 g/mol. The second-order valence-corrected chi connectivity index (χ2v) is 14.2. The molecule has 0 saturated heterocycles. The van der Waals surface area contributed by atoms with Crippen LogP contribution in [0.1, 0.15) is 74.1 Å². The molecule has 1 N–H and O–H groups in total. The Morgan fingerprint density at radius 2 is 1.97 bits per heavy atom. The van der Waals surface area contributed by atoms with E-state index in [1.807, 2.05) is 0 Å². The number of halogens is 3. The van der Waals surface area contributed by atoms with Crippen LogP contribution in [-0.2, 0) is 11.0 Å². The van der Waals surface area contributed by atoms with E-state index < -0.39 is 26.9 Å². The van der Waals surface area contributed by atoms with Gasteiger partial charge < -0.3 is 14.1 Å². The molecule has 0 spiro atoms. The molecule has 1 aliphatic heterocycles. The maximum absolute atomic E-state index is 13.2. The molecule has 4 nitrogen and oxygen atoms in total. The number of carbonyl (C=O) groups excluding carboxylic acids is 1. The first kappa shape index (κ1) is 24.7. The van der Waals surface area contributed by atoms with Crippen LogP contribution in [0.15, 0.2) is 6.07 Å². The summed E-state index contributed by atoms with van der Waals surface area (Å²) in [7, 11) is -1.94. The van der Waals surface area contributed by atoms with Crippen LogP contribution in [0.2, 0.25) is 18.1 Å². The van der Waals surface area contributed by atoms with Crippen molar-refractivity contribution in [1.82, 2.24) is 4.57 Å². The SMILES string of the molecule is CC(C)(C)[Si](C)(C)OCC[C@H]1CCCCn2c(C(=O)C(F)(F)F)cc(C#CCO)c21. The molecule has 1 aromatic rings. The first-order valence-corrected chi connectivity index (χ1v) is 13.3. The summed E-state index contributed by atoms with van der Waals surface area (Å²) in [6, 6.07) is 1.24. The molecule has 0 saturated carbocycles. The lowest BCUT2D eigenvalue weighted by molar-refractivity contribution is -0.0890. The number of alkyl halides is 3. The summed E-state index contributed by atoms with van der Waals surface area (Å²) < 4.78 is 47.3. The molecule has 30 heavy (non-hydrogen) atoms. The number of aromatic nitrogens is 1. The fraction of sp³-hybridized carbons (Fsp3) is 0.682. The van der Waals surface area contributed by atoms with Gasteiger partial charge in [0.25, 0.3) is 5.78 Å². The van der Waals surface area contributed by atoms with Gasteiger partial charge >= 0.3 is 6.18 Å². The van der Waals surface area contributed by atoms with Crippen LogP contribution in [0.5, 0.6) is 0 Å².